The molecular formula is C8H10N4. The summed E-state index contributed by atoms with van der Waals surface area (Å²) in [5.74, 6) is 0. The van der Waals surface area contributed by atoms with E-state index in [1.54, 1.807) is 6.20 Å². The van der Waals surface area contributed by atoms with Crippen molar-refractivity contribution in [3.63, 3.8) is 0 Å². The fourth-order valence-electron chi connectivity index (χ4n) is 1.22. The van der Waals surface area contributed by atoms with E-state index in [1.807, 2.05) is 17.8 Å². The molecule has 0 unspecified atom stereocenters. The number of hydrogen-bond donors (Lipinski definition) is 1. The maximum atomic E-state index is 4.06. The first-order valence-corrected chi connectivity index (χ1v) is 3.82. The second kappa shape index (κ2) is 2.91. The molecule has 2 heterocycles. The molecular weight excluding hydrogens is 152 g/mol. The van der Waals surface area contributed by atoms with Crippen molar-refractivity contribution in [3.8, 4) is 0 Å². The van der Waals surface area contributed by atoms with E-state index in [-0.39, 0.29) is 0 Å². The summed E-state index contributed by atoms with van der Waals surface area (Å²) < 4.78 is 1.82. The lowest BCUT2D eigenvalue weighted by molar-refractivity contribution is 0.811. The molecule has 0 fully saturated rings. The minimum absolute atomic E-state index is 0.864. The number of hydrogen-bond acceptors (Lipinski definition) is 3. The van der Waals surface area contributed by atoms with E-state index < -0.39 is 0 Å². The summed E-state index contributed by atoms with van der Waals surface area (Å²) in [6.45, 7) is 0.864. The van der Waals surface area contributed by atoms with Crippen LogP contribution >= 0.6 is 0 Å². The van der Waals surface area contributed by atoms with Crippen molar-refractivity contribution in [1.82, 2.24) is 19.9 Å². The van der Waals surface area contributed by atoms with Gasteiger partial charge >= 0.3 is 0 Å². The number of nitrogens with one attached hydrogen (secondary N) is 1. The van der Waals surface area contributed by atoms with E-state index in [2.05, 4.69) is 21.5 Å². The van der Waals surface area contributed by atoms with E-state index in [9.17, 15) is 0 Å². The highest BCUT2D eigenvalue weighted by Crippen LogP contribution is 2.05. The lowest BCUT2D eigenvalue weighted by Crippen LogP contribution is -2.03. The third kappa shape index (κ3) is 1.16. The standard InChI is InChI=1S/C8H10N4/c1-9-3-7-2-8-4-10-6-11-12(8)5-7/h2,4-6,9H,3H2,1H3. The zero-order valence-electron chi connectivity index (χ0n) is 6.86. The first-order valence-electron chi connectivity index (χ1n) is 3.82. The second-order valence-corrected chi connectivity index (χ2v) is 2.66. The van der Waals surface area contributed by atoms with Crippen LogP contribution in [0, 0.1) is 0 Å². The van der Waals surface area contributed by atoms with E-state index in [4.69, 9.17) is 0 Å². The van der Waals surface area contributed by atoms with Crippen molar-refractivity contribution in [2.45, 2.75) is 6.54 Å². The molecule has 12 heavy (non-hydrogen) atoms. The molecule has 0 amide bonds. The van der Waals surface area contributed by atoms with Crippen molar-refractivity contribution >= 4 is 5.52 Å². The zero-order valence-corrected chi connectivity index (χ0v) is 6.86. The van der Waals surface area contributed by atoms with Crippen LogP contribution in [0.15, 0.2) is 24.8 Å². The van der Waals surface area contributed by atoms with Gasteiger partial charge in [-0.25, -0.2) is 9.50 Å². The first kappa shape index (κ1) is 7.24. The lowest BCUT2D eigenvalue weighted by atomic mass is 10.3. The van der Waals surface area contributed by atoms with Gasteiger partial charge in [-0.2, -0.15) is 5.10 Å². The van der Waals surface area contributed by atoms with Crippen molar-refractivity contribution in [2.24, 2.45) is 0 Å². The smallest absolute Gasteiger partial charge is 0.136 e. The van der Waals surface area contributed by atoms with Gasteiger partial charge in [0.05, 0.1) is 11.7 Å². The Bertz CT molecular complexity index is 346. The summed E-state index contributed by atoms with van der Waals surface area (Å²) in [7, 11) is 1.92. The van der Waals surface area contributed by atoms with Gasteiger partial charge < -0.3 is 5.32 Å². The van der Waals surface area contributed by atoms with Crippen LogP contribution in [0.5, 0.6) is 0 Å². The van der Waals surface area contributed by atoms with Crippen molar-refractivity contribution in [3.05, 3.63) is 30.4 Å². The molecule has 2 aromatic heterocycles. The fraction of sp³-hybridized carbons (Fsp3) is 0.250. The van der Waals surface area contributed by atoms with Crippen molar-refractivity contribution < 1.29 is 0 Å². The van der Waals surface area contributed by atoms with Gasteiger partial charge in [0, 0.05) is 12.7 Å². The fourth-order valence-corrected chi connectivity index (χ4v) is 1.22. The highest BCUT2D eigenvalue weighted by molar-refractivity contribution is 5.46. The summed E-state index contributed by atoms with van der Waals surface area (Å²) in [4.78, 5) is 3.93. The summed E-state index contributed by atoms with van der Waals surface area (Å²) in [6, 6.07) is 2.07. The average molecular weight is 162 g/mol. The molecule has 2 rings (SSSR count). The molecule has 0 radical (unpaired) electrons. The van der Waals surface area contributed by atoms with Crippen LogP contribution in [0.1, 0.15) is 5.56 Å². The van der Waals surface area contributed by atoms with Gasteiger partial charge in [-0.3, -0.25) is 0 Å². The molecule has 0 aliphatic heterocycles. The van der Waals surface area contributed by atoms with E-state index in [0.29, 0.717) is 0 Å². The van der Waals surface area contributed by atoms with Gasteiger partial charge in [0.15, 0.2) is 0 Å². The summed E-state index contributed by atoms with van der Waals surface area (Å²) >= 11 is 0. The monoisotopic (exact) mass is 162 g/mol. The molecule has 0 aliphatic carbocycles. The van der Waals surface area contributed by atoms with E-state index in [1.165, 1.54) is 11.9 Å². The van der Waals surface area contributed by atoms with Gasteiger partial charge in [-0.1, -0.05) is 0 Å². The topological polar surface area (TPSA) is 42.2 Å². The van der Waals surface area contributed by atoms with Crippen LogP contribution < -0.4 is 5.32 Å². The van der Waals surface area contributed by atoms with Crippen LogP contribution in [0.2, 0.25) is 0 Å². The Hall–Kier alpha value is -1.42. The van der Waals surface area contributed by atoms with Gasteiger partial charge in [0.2, 0.25) is 0 Å². The van der Waals surface area contributed by atoms with Crippen LogP contribution in [0.3, 0.4) is 0 Å². The Balaban J connectivity index is 2.47. The Kier molecular flexibility index (Phi) is 1.75. The minimum atomic E-state index is 0.864. The highest BCUT2D eigenvalue weighted by Gasteiger charge is 1.97. The molecule has 0 bridgehead atoms. The third-order valence-electron chi connectivity index (χ3n) is 1.72. The molecule has 0 saturated heterocycles. The Morgan fingerprint density at radius 1 is 1.58 bits per heavy atom. The molecule has 0 atom stereocenters. The number of aromatic nitrogens is 3. The number of rotatable bonds is 2. The summed E-state index contributed by atoms with van der Waals surface area (Å²) in [5, 5.41) is 7.15. The minimum Gasteiger partial charge on any atom is -0.316 e. The van der Waals surface area contributed by atoms with Crippen LogP contribution in [0.25, 0.3) is 5.52 Å². The van der Waals surface area contributed by atoms with E-state index in [0.717, 1.165) is 12.1 Å². The molecule has 1 N–H and O–H groups in total. The average Bonchev–Trinajstić information content (AvgIpc) is 2.47. The summed E-state index contributed by atoms with van der Waals surface area (Å²) in [5.41, 5.74) is 2.25. The molecule has 0 aliphatic rings. The molecule has 0 saturated carbocycles. The Morgan fingerprint density at radius 2 is 2.50 bits per heavy atom. The number of nitrogens with zero attached hydrogens (tertiary/aromatic N) is 3. The molecule has 0 spiro atoms. The molecule has 2 aromatic rings. The highest BCUT2D eigenvalue weighted by atomic mass is 15.2. The van der Waals surface area contributed by atoms with Gasteiger partial charge in [0.25, 0.3) is 0 Å². The van der Waals surface area contributed by atoms with E-state index >= 15 is 0 Å². The van der Waals surface area contributed by atoms with Gasteiger partial charge in [-0.05, 0) is 18.7 Å². The van der Waals surface area contributed by atoms with Gasteiger partial charge in [-0.15, -0.1) is 0 Å². The maximum Gasteiger partial charge on any atom is 0.136 e. The SMILES string of the molecule is CNCc1cc2cncnn2c1. The van der Waals surface area contributed by atoms with Crippen LogP contribution in [-0.4, -0.2) is 21.6 Å². The largest absolute Gasteiger partial charge is 0.316 e. The Morgan fingerprint density at radius 3 is 3.25 bits per heavy atom. The third-order valence-corrected chi connectivity index (χ3v) is 1.72. The lowest BCUT2D eigenvalue weighted by Gasteiger charge is -1.90. The molecule has 4 nitrogen and oxygen atoms in total. The predicted octanol–water partition coefficient (Wildman–Crippen LogP) is 0.449. The van der Waals surface area contributed by atoms with Crippen LogP contribution in [0.4, 0.5) is 0 Å². The molecule has 62 valence electrons. The Labute approximate surface area is 70.2 Å². The van der Waals surface area contributed by atoms with Crippen molar-refractivity contribution in [1.29, 1.82) is 0 Å². The quantitative estimate of drug-likeness (QED) is 0.697. The zero-order chi connectivity index (χ0) is 8.39. The molecule has 0 aromatic carbocycles. The van der Waals surface area contributed by atoms with Crippen molar-refractivity contribution in [2.75, 3.05) is 7.05 Å². The normalized spacial score (nSPS) is 10.8. The van der Waals surface area contributed by atoms with Gasteiger partial charge in [0.1, 0.15) is 6.33 Å². The molecule has 4 heteroatoms. The maximum absolute atomic E-state index is 4.06. The first-order chi connectivity index (χ1) is 5.90. The summed E-state index contributed by atoms with van der Waals surface area (Å²) in [6.07, 6.45) is 5.33. The number of fused-ring (bicyclic) bond motifs is 1. The van der Waals surface area contributed by atoms with Crippen LogP contribution in [-0.2, 0) is 6.54 Å². The predicted molar refractivity (Wildman–Crippen MR) is 45.8 cm³/mol. The second-order valence-electron chi connectivity index (χ2n) is 2.66.